The van der Waals surface area contributed by atoms with Gasteiger partial charge in [-0.2, -0.15) is 0 Å². The molecule has 0 atom stereocenters. The Morgan fingerprint density at radius 3 is 1.06 bits per heavy atom. The molecule has 5 aromatic rings. The van der Waals surface area contributed by atoms with E-state index < -0.39 is 27.6 Å². The van der Waals surface area contributed by atoms with Gasteiger partial charge < -0.3 is 10.2 Å². The fourth-order valence-electron chi connectivity index (χ4n) is 7.47. The van der Waals surface area contributed by atoms with Gasteiger partial charge in [-0.1, -0.05) is 175 Å². The van der Waals surface area contributed by atoms with E-state index in [2.05, 4.69) is 102 Å². The van der Waals surface area contributed by atoms with E-state index in [0.29, 0.717) is 31.4 Å². The van der Waals surface area contributed by atoms with Gasteiger partial charge in [0.25, 0.3) is 0 Å². The van der Waals surface area contributed by atoms with Gasteiger partial charge in [-0.3, -0.25) is 4.79 Å². The number of aliphatic carboxylic acids is 1. The van der Waals surface area contributed by atoms with Crippen molar-refractivity contribution in [2.45, 2.75) is 83.5 Å². The first-order valence-electron chi connectivity index (χ1n) is 17.0. The summed E-state index contributed by atoms with van der Waals surface area (Å²) in [4.78, 5) is 14.6. The lowest BCUT2D eigenvalue weighted by Gasteiger charge is -2.50. The lowest BCUT2D eigenvalue weighted by Crippen LogP contribution is -2.56. The first-order chi connectivity index (χ1) is 22.7. The Morgan fingerprint density at radius 1 is 0.500 bits per heavy atom. The first-order valence-corrected chi connectivity index (χ1v) is 17.0. The van der Waals surface area contributed by atoms with Gasteiger partial charge in [-0.15, -0.1) is 0 Å². The number of aromatic hydroxyl groups is 1. The lowest BCUT2D eigenvalue weighted by molar-refractivity contribution is -0.154. The largest absolute Gasteiger partial charge is 0.507 e. The normalized spacial score (nSPS) is 12.5. The van der Waals surface area contributed by atoms with Crippen molar-refractivity contribution < 1.29 is 15.0 Å². The summed E-state index contributed by atoms with van der Waals surface area (Å²) in [7, 11) is 0. The minimum Gasteiger partial charge on any atom is -0.507 e. The highest BCUT2D eigenvalue weighted by atomic mass is 16.4. The van der Waals surface area contributed by atoms with Crippen molar-refractivity contribution in [3.05, 3.63) is 172 Å². The maximum absolute atomic E-state index is 14.6. The zero-order chi connectivity index (χ0) is 34.6. The summed E-state index contributed by atoms with van der Waals surface area (Å²) in [6, 6.07) is 45.1. The van der Waals surface area contributed by atoms with Crippen LogP contribution in [0.2, 0.25) is 0 Å². The highest BCUT2D eigenvalue weighted by Crippen LogP contribution is 2.54. The Hall–Kier alpha value is -4.63. The van der Waals surface area contributed by atoms with Crippen LogP contribution in [0.4, 0.5) is 0 Å². The van der Waals surface area contributed by atoms with E-state index >= 15 is 0 Å². The fourth-order valence-corrected chi connectivity index (χ4v) is 7.47. The van der Waals surface area contributed by atoms with Gasteiger partial charge in [0.15, 0.2) is 0 Å². The molecule has 248 valence electrons. The molecule has 0 heterocycles. The molecule has 0 unspecified atom stereocenters. The number of hydrogen-bond donors (Lipinski definition) is 2. The summed E-state index contributed by atoms with van der Waals surface area (Å²) in [6.07, 6.45) is 1.64. The molecule has 0 aromatic heterocycles. The van der Waals surface area contributed by atoms with Crippen molar-refractivity contribution in [3.63, 3.8) is 0 Å². The van der Waals surface area contributed by atoms with E-state index in [1.54, 1.807) is 0 Å². The monoisotopic (exact) mass is 638 g/mol. The van der Waals surface area contributed by atoms with E-state index in [1.165, 1.54) is 0 Å². The zero-order valence-corrected chi connectivity index (χ0v) is 29.3. The topological polar surface area (TPSA) is 57.5 Å². The highest BCUT2D eigenvalue weighted by molar-refractivity contribution is 5.79. The van der Waals surface area contributed by atoms with E-state index in [0.717, 1.165) is 38.9 Å². The Kier molecular flexibility index (Phi) is 10.0. The number of rotatable bonds is 11. The van der Waals surface area contributed by atoms with Crippen molar-refractivity contribution in [2.75, 3.05) is 0 Å². The van der Waals surface area contributed by atoms with Crippen LogP contribution in [0, 0.1) is 5.41 Å². The molecule has 2 N–H and O–H groups in total. The molecule has 0 radical (unpaired) electrons. The van der Waals surface area contributed by atoms with E-state index in [4.69, 9.17) is 0 Å². The number of phenolic OH excluding ortho intramolecular Hbond substituents is 1. The van der Waals surface area contributed by atoms with Gasteiger partial charge in [-0.25, -0.2) is 0 Å². The van der Waals surface area contributed by atoms with E-state index in [1.807, 2.05) is 72.8 Å². The fraction of sp³-hybridized carbons (Fsp3) is 0.311. The molecule has 0 spiro atoms. The first kappa shape index (κ1) is 34.7. The van der Waals surface area contributed by atoms with Crippen LogP contribution in [0.25, 0.3) is 0 Å². The molecule has 0 amide bonds. The quantitative estimate of drug-likeness (QED) is 0.151. The molecule has 0 aliphatic rings. The van der Waals surface area contributed by atoms with Gasteiger partial charge in [0, 0.05) is 5.41 Å². The van der Waals surface area contributed by atoms with Crippen LogP contribution in [0.5, 0.6) is 5.75 Å². The molecule has 0 bridgehead atoms. The van der Waals surface area contributed by atoms with E-state index in [-0.39, 0.29) is 0 Å². The molecule has 0 aliphatic heterocycles. The average molecular weight is 639 g/mol. The number of benzene rings is 5. The van der Waals surface area contributed by atoms with Crippen molar-refractivity contribution in [3.8, 4) is 5.75 Å². The third-order valence-corrected chi connectivity index (χ3v) is 10.00. The van der Waals surface area contributed by atoms with Crippen LogP contribution in [-0.4, -0.2) is 16.2 Å². The lowest BCUT2D eigenvalue weighted by atomic mass is 9.51. The minimum atomic E-state index is -1.30. The molecule has 5 rings (SSSR count). The molecule has 0 saturated heterocycles. The van der Waals surface area contributed by atoms with Crippen molar-refractivity contribution in [1.82, 2.24) is 0 Å². The molecule has 5 aromatic carbocycles. The number of phenols is 1. The molecule has 0 fully saturated rings. The van der Waals surface area contributed by atoms with Gasteiger partial charge in [0.1, 0.15) is 5.75 Å². The second-order valence-corrected chi connectivity index (χ2v) is 15.5. The van der Waals surface area contributed by atoms with Crippen LogP contribution in [0.1, 0.15) is 80.5 Å². The van der Waals surface area contributed by atoms with Gasteiger partial charge >= 0.3 is 5.97 Å². The average Bonchev–Trinajstić information content (AvgIpc) is 3.05. The Balaban J connectivity index is 1.99. The highest BCUT2D eigenvalue weighted by Gasteiger charge is 2.57. The number of carboxylic acids is 1. The zero-order valence-electron chi connectivity index (χ0n) is 29.3. The maximum Gasteiger partial charge on any atom is 0.311 e. The molecular formula is C45H50O3. The van der Waals surface area contributed by atoms with Crippen LogP contribution in [0.15, 0.2) is 133 Å². The summed E-state index contributed by atoms with van der Waals surface area (Å²) < 4.78 is 0. The Bertz CT molecular complexity index is 1680. The van der Waals surface area contributed by atoms with Crippen molar-refractivity contribution >= 4 is 5.97 Å². The predicted molar refractivity (Wildman–Crippen MR) is 198 cm³/mol. The van der Waals surface area contributed by atoms with E-state index in [9.17, 15) is 15.0 Å². The Labute approximate surface area is 287 Å². The van der Waals surface area contributed by atoms with Crippen LogP contribution < -0.4 is 0 Å². The molecule has 3 nitrogen and oxygen atoms in total. The number of carboxylic acid groups (broad SMARTS) is 1. The number of hydrogen-bond acceptors (Lipinski definition) is 2. The van der Waals surface area contributed by atoms with Crippen molar-refractivity contribution in [2.24, 2.45) is 5.41 Å². The smallest absolute Gasteiger partial charge is 0.311 e. The van der Waals surface area contributed by atoms with Crippen molar-refractivity contribution in [1.29, 1.82) is 0 Å². The van der Waals surface area contributed by atoms with Gasteiger partial charge in [-0.05, 0) is 75.5 Å². The number of carbonyl (C=O) groups is 1. The third kappa shape index (κ3) is 7.26. The van der Waals surface area contributed by atoms with Crippen LogP contribution in [-0.2, 0) is 46.7 Å². The van der Waals surface area contributed by atoms with Gasteiger partial charge in [0.2, 0.25) is 0 Å². The second kappa shape index (κ2) is 13.8. The standard InChI is InChI=1S/C45H50O3/c1-42(2,3)38-27-37(28-39(40(38)46)43(4,5)6)44(29-33-19-11-7-12-20-33,30-34-21-13-8-14-22-34)45(41(47)48,31-35-23-15-9-16-24-35)32-36-25-17-10-18-26-36/h7-28,46H,29-32H2,1-6H3,(H,47,48). The summed E-state index contributed by atoms with van der Waals surface area (Å²) in [5, 5.41) is 23.9. The summed E-state index contributed by atoms with van der Waals surface area (Å²) in [6.45, 7) is 12.7. The van der Waals surface area contributed by atoms with Gasteiger partial charge in [0.05, 0.1) is 5.41 Å². The third-order valence-electron chi connectivity index (χ3n) is 10.00. The molecule has 0 saturated carbocycles. The Morgan fingerprint density at radius 2 is 0.792 bits per heavy atom. The molecule has 48 heavy (non-hydrogen) atoms. The molecule has 3 heteroatoms. The van der Waals surface area contributed by atoms with Crippen LogP contribution >= 0.6 is 0 Å². The SMILES string of the molecule is CC(C)(C)c1cc(C(Cc2ccccc2)(Cc2ccccc2)C(Cc2ccccc2)(Cc2ccccc2)C(=O)O)cc(C(C)(C)C)c1O. The maximum atomic E-state index is 14.6. The second-order valence-electron chi connectivity index (χ2n) is 15.5. The summed E-state index contributed by atoms with van der Waals surface area (Å²) in [5.41, 5.74) is 3.65. The summed E-state index contributed by atoms with van der Waals surface area (Å²) in [5.74, 6) is -0.538. The minimum absolute atomic E-state index is 0.291. The van der Waals surface area contributed by atoms with Crippen LogP contribution in [0.3, 0.4) is 0 Å². The summed E-state index contributed by atoms with van der Waals surface area (Å²) >= 11 is 0. The predicted octanol–water partition coefficient (Wildman–Crippen LogP) is 10.3. The molecule has 0 aliphatic carbocycles. The molecular weight excluding hydrogens is 588 g/mol.